The zero-order valence-electron chi connectivity index (χ0n) is 12.8. The number of nitriles is 1. The Labute approximate surface area is 137 Å². The van der Waals surface area contributed by atoms with Crippen LogP contribution in [0.15, 0.2) is 42.5 Å². The van der Waals surface area contributed by atoms with Gasteiger partial charge in [-0.1, -0.05) is 12.1 Å². The van der Waals surface area contributed by atoms with Gasteiger partial charge >= 0.3 is 6.03 Å². The molecule has 2 atom stereocenters. The van der Waals surface area contributed by atoms with E-state index in [0.29, 0.717) is 5.56 Å². The van der Waals surface area contributed by atoms with E-state index in [9.17, 15) is 18.7 Å². The van der Waals surface area contributed by atoms with Crippen molar-refractivity contribution in [1.29, 1.82) is 5.26 Å². The number of halogens is 2. The predicted octanol–water partition coefficient (Wildman–Crippen LogP) is 3.08. The van der Waals surface area contributed by atoms with Crippen LogP contribution in [0.3, 0.4) is 0 Å². The number of hydrogen-bond donors (Lipinski definition) is 3. The summed E-state index contributed by atoms with van der Waals surface area (Å²) in [6, 6.07) is 9.10. The van der Waals surface area contributed by atoms with E-state index in [1.807, 2.05) is 0 Å². The Balaban J connectivity index is 2.01. The Morgan fingerprint density at radius 3 is 2.42 bits per heavy atom. The number of anilines is 1. The van der Waals surface area contributed by atoms with Gasteiger partial charge in [-0.2, -0.15) is 5.26 Å². The van der Waals surface area contributed by atoms with Crippen molar-refractivity contribution in [2.24, 2.45) is 0 Å². The maximum Gasteiger partial charge on any atom is 0.319 e. The average Bonchev–Trinajstić information content (AvgIpc) is 2.56. The van der Waals surface area contributed by atoms with Crippen molar-refractivity contribution in [1.82, 2.24) is 5.32 Å². The number of benzene rings is 2. The Hall–Kier alpha value is -2.98. The SMILES string of the molecule is CC(NC(=O)Nc1ccc(F)cc1C#N)C(O)c1ccc(F)cc1. The highest BCUT2D eigenvalue weighted by atomic mass is 19.1. The summed E-state index contributed by atoms with van der Waals surface area (Å²) in [4.78, 5) is 12.0. The summed E-state index contributed by atoms with van der Waals surface area (Å²) in [5.41, 5.74) is 0.584. The number of rotatable bonds is 4. The second-order valence-corrected chi connectivity index (χ2v) is 5.19. The number of carbonyl (C=O) groups is 1. The topological polar surface area (TPSA) is 85.2 Å². The fraction of sp³-hybridized carbons (Fsp3) is 0.176. The van der Waals surface area contributed by atoms with E-state index in [1.54, 1.807) is 13.0 Å². The van der Waals surface area contributed by atoms with Crippen molar-refractivity contribution in [3.05, 3.63) is 65.2 Å². The van der Waals surface area contributed by atoms with Gasteiger partial charge in [0.25, 0.3) is 0 Å². The van der Waals surface area contributed by atoms with Crippen molar-refractivity contribution in [2.75, 3.05) is 5.32 Å². The molecule has 0 saturated heterocycles. The first-order chi connectivity index (χ1) is 11.4. The van der Waals surface area contributed by atoms with Gasteiger partial charge in [0.2, 0.25) is 0 Å². The molecule has 0 aliphatic carbocycles. The van der Waals surface area contributed by atoms with E-state index in [0.717, 1.165) is 12.1 Å². The number of nitrogens with zero attached hydrogens (tertiary/aromatic N) is 1. The van der Waals surface area contributed by atoms with Crippen LogP contribution in [0.5, 0.6) is 0 Å². The van der Waals surface area contributed by atoms with Crippen LogP contribution in [-0.4, -0.2) is 17.2 Å². The molecule has 0 spiro atoms. The molecule has 7 heteroatoms. The maximum absolute atomic E-state index is 13.1. The molecule has 124 valence electrons. The summed E-state index contributed by atoms with van der Waals surface area (Å²) in [6.07, 6.45) is -1.04. The Morgan fingerprint density at radius 1 is 1.17 bits per heavy atom. The number of amides is 2. The van der Waals surface area contributed by atoms with Crippen molar-refractivity contribution < 1.29 is 18.7 Å². The van der Waals surface area contributed by atoms with E-state index < -0.39 is 29.8 Å². The largest absolute Gasteiger partial charge is 0.386 e. The molecule has 5 nitrogen and oxygen atoms in total. The highest BCUT2D eigenvalue weighted by Crippen LogP contribution is 2.18. The van der Waals surface area contributed by atoms with Crippen molar-refractivity contribution in [3.63, 3.8) is 0 Å². The van der Waals surface area contributed by atoms with Crippen LogP contribution in [0.2, 0.25) is 0 Å². The van der Waals surface area contributed by atoms with E-state index in [-0.39, 0.29) is 11.3 Å². The summed E-state index contributed by atoms with van der Waals surface area (Å²) in [7, 11) is 0. The van der Waals surface area contributed by atoms with Gasteiger partial charge in [0.15, 0.2) is 0 Å². The molecule has 0 aromatic heterocycles. The van der Waals surface area contributed by atoms with Crippen LogP contribution in [0.1, 0.15) is 24.2 Å². The monoisotopic (exact) mass is 331 g/mol. The first kappa shape index (κ1) is 17.4. The third-order valence-corrected chi connectivity index (χ3v) is 3.39. The minimum atomic E-state index is -1.04. The number of urea groups is 1. The highest BCUT2D eigenvalue weighted by molar-refractivity contribution is 5.90. The third kappa shape index (κ3) is 4.27. The highest BCUT2D eigenvalue weighted by Gasteiger charge is 2.19. The predicted molar refractivity (Wildman–Crippen MR) is 84.1 cm³/mol. The van der Waals surface area contributed by atoms with Gasteiger partial charge in [-0.05, 0) is 42.8 Å². The third-order valence-electron chi connectivity index (χ3n) is 3.39. The van der Waals surface area contributed by atoms with Gasteiger partial charge in [0.05, 0.1) is 23.4 Å². The smallest absolute Gasteiger partial charge is 0.319 e. The minimum absolute atomic E-state index is 0.0168. The lowest BCUT2D eigenvalue weighted by atomic mass is 10.0. The summed E-state index contributed by atoms with van der Waals surface area (Å²) in [5.74, 6) is -1.01. The van der Waals surface area contributed by atoms with Crippen LogP contribution >= 0.6 is 0 Å². The lowest BCUT2D eigenvalue weighted by Gasteiger charge is -2.21. The Morgan fingerprint density at radius 2 is 1.79 bits per heavy atom. The molecule has 0 fully saturated rings. The number of aliphatic hydroxyl groups is 1. The molecule has 0 aliphatic heterocycles. The number of carbonyl (C=O) groups excluding carboxylic acids is 1. The lowest BCUT2D eigenvalue weighted by Crippen LogP contribution is -2.39. The Kier molecular flexibility index (Phi) is 5.45. The molecule has 0 bridgehead atoms. The molecule has 2 unspecified atom stereocenters. The number of hydrogen-bond acceptors (Lipinski definition) is 3. The quantitative estimate of drug-likeness (QED) is 0.805. The zero-order chi connectivity index (χ0) is 17.7. The summed E-state index contributed by atoms with van der Waals surface area (Å²) < 4.78 is 26.0. The molecular formula is C17H15F2N3O2. The fourth-order valence-electron chi connectivity index (χ4n) is 2.11. The fourth-order valence-corrected chi connectivity index (χ4v) is 2.11. The first-order valence-electron chi connectivity index (χ1n) is 7.11. The van der Waals surface area contributed by atoms with Gasteiger partial charge in [-0.15, -0.1) is 0 Å². The molecule has 2 aromatic carbocycles. The molecule has 0 saturated carbocycles. The van der Waals surface area contributed by atoms with Gasteiger partial charge in [-0.3, -0.25) is 0 Å². The molecular weight excluding hydrogens is 316 g/mol. The van der Waals surface area contributed by atoms with Crippen LogP contribution in [-0.2, 0) is 0 Å². The lowest BCUT2D eigenvalue weighted by molar-refractivity contribution is 0.139. The van der Waals surface area contributed by atoms with Gasteiger partial charge in [-0.25, -0.2) is 13.6 Å². The Bertz CT molecular complexity index is 772. The van der Waals surface area contributed by atoms with Crippen molar-refractivity contribution in [2.45, 2.75) is 19.1 Å². The molecule has 2 amide bonds. The van der Waals surface area contributed by atoms with E-state index >= 15 is 0 Å². The summed E-state index contributed by atoms with van der Waals surface area (Å²) >= 11 is 0. The van der Waals surface area contributed by atoms with E-state index in [4.69, 9.17) is 5.26 Å². The molecule has 2 rings (SSSR count). The standard InChI is InChI=1S/C17H15F2N3O2/c1-10(16(23)11-2-4-13(18)5-3-11)21-17(24)22-15-7-6-14(19)8-12(15)9-20/h2-8,10,16,23H,1H3,(H2,21,22,24). The van der Waals surface area contributed by atoms with Gasteiger partial charge < -0.3 is 15.7 Å². The molecule has 3 N–H and O–H groups in total. The average molecular weight is 331 g/mol. The maximum atomic E-state index is 13.1. The van der Waals surface area contributed by atoms with Crippen molar-refractivity contribution >= 4 is 11.7 Å². The summed E-state index contributed by atoms with van der Waals surface area (Å²) in [5, 5.41) is 24.0. The summed E-state index contributed by atoms with van der Waals surface area (Å²) in [6.45, 7) is 1.57. The van der Waals surface area contributed by atoms with Crippen LogP contribution < -0.4 is 10.6 Å². The van der Waals surface area contributed by atoms with E-state index in [1.165, 1.54) is 30.3 Å². The normalized spacial score (nSPS) is 12.8. The van der Waals surface area contributed by atoms with Crippen LogP contribution in [0, 0.1) is 23.0 Å². The molecule has 0 radical (unpaired) electrons. The zero-order valence-corrected chi connectivity index (χ0v) is 12.8. The second-order valence-electron chi connectivity index (χ2n) is 5.19. The van der Waals surface area contributed by atoms with Gasteiger partial charge in [0.1, 0.15) is 17.7 Å². The molecule has 2 aromatic rings. The second kappa shape index (κ2) is 7.53. The van der Waals surface area contributed by atoms with Crippen LogP contribution in [0.4, 0.5) is 19.3 Å². The molecule has 0 heterocycles. The molecule has 0 aliphatic rings. The number of nitrogens with one attached hydrogen (secondary N) is 2. The number of aliphatic hydroxyl groups excluding tert-OH is 1. The molecule has 24 heavy (non-hydrogen) atoms. The first-order valence-corrected chi connectivity index (χ1v) is 7.11. The van der Waals surface area contributed by atoms with Crippen molar-refractivity contribution in [3.8, 4) is 6.07 Å². The van der Waals surface area contributed by atoms with E-state index in [2.05, 4.69) is 10.6 Å². The van der Waals surface area contributed by atoms with Gasteiger partial charge in [0, 0.05) is 0 Å². The van der Waals surface area contributed by atoms with Crippen LogP contribution in [0.25, 0.3) is 0 Å². The minimum Gasteiger partial charge on any atom is -0.386 e.